The zero-order valence-corrected chi connectivity index (χ0v) is 13.1. The fraction of sp³-hybridized carbons (Fsp3) is 0.438. The summed E-state index contributed by atoms with van der Waals surface area (Å²) in [5.74, 6) is 0.00273. The highest BCUT2D eigenvalue weighted by Crippen LogP contribution is 2.21. The van der Waals surface area contributed by atoms with Crippen LogP contribution in [-0.4, -0.2) is 30.4 Å². The van der Waals surface area contributed by atoms with Crippen LogP contribution in [0.3, 0.4) is 0 Å². The summed E-state index contributed by atoms with van der Waals surface area (Å²) in [6.45, 7) is 2.42. The number of hydrogen-bond acceptors (Lipinski definition) is 5. The minimum absolute atomic E-state index is 0.0272. The van der Waals surface area contributed by atoms with E-state index in [2.05, 4.69) is 16.3 Å². The van der Waals surface area contributed by atoms with Crippen LogP contribution >= 0.6 is 11.8 Å². The first-order valence-electron chi connectivity index (χ1n) is 7.29. The Labute approximate surface area is 134 Å². The maximum atomic E-state index is 12.3. The second-order valence-electron chi connectivity index (χ2n) is 5.25. The van der Waals surface area contributed by atoms with Gasteiger partial charge in [-0.15, -0.1) is 0 Å². The third-order valence-corrected chi connectivity index (χ3v) is 4.30. The van der Waals surface area contributed by atoms with Crippen molar-refractivity contribution >= 4 is 23.4 Å². The second kappa shape index (κ2) is 8.43. The first kappa shape index (κ1) is 16.4. The summed E-state index contributed by atoms with van der Waals surface area (Å²) in [6.07, 6.45) is 2.38. The Morgan fingerprint density at radius 1 is 1.36 bits per heavy atom. The molecule has 0 aliphatic carbocycles. The quantitative estimate of drug-likeness (QED) is 0.667. The fourth-order valence-electron chi connectivity index (χ4n) is 2.58. The lowest BCUT2D eigenvalue weighted by molar-refractivity contribution is -0.121. The molecule has 0 saturated carbocycles. The summed E-state index contributed by atoms with van der Waals surface area (Å²) in [4.78, 5) is 15.4. The molecule has 1 atom stereocenters. The van der Waals surface area contributed by atoms with Crippen molar-refractivity contribution in [3.8, 4) is 11.5 Å². The minimum atomic E-state index is -0.0272. The number of anilines is 1. The van der Waals surface area contributed by atoms with Crippen LogP contribution in [0.2, 0.25) is 0 Å². The molecule has 1 unspecified atom stereocenters. The molecule has 1 aliphatic rings. The molecule has 22 heavy (non-hydrogen) atoms. The van der Waals surface area contributed by atoms with Gasteiger partial charge in [-0.05, 0) is 55.4 Å². The number of nitrogens with one attached hydrogen (secondary N) is 1. The maximum Gasteiger partial charge on any atom is 0.228 e. The third-order valence-electron chi connectivity index (χ3n) is 3.70. The van der Waals surface area contributed by atoms with Gasteiger partial charge in [0.05, 0.1) is 12.0 Å². The fourth-order valence-corrected chi connectivity index (χ4v) is 2.96. The zero-order valence-electron chi connectivity index (χ0n) is 12.3. The summed E-state index contributed by atoms with van der Waals surface area (Å²) in [7, 11) is 0. The van der Waals surface area contributed by atoms with Crippen molar-refractivity contribution in [2.45, 2.75) is 24.2 Å². The summed E-state index contributed by atoms with van der Waals surface area (Å²) in [5.41, 5.74) is 0.751. The molecular formula is C16H18N4OS. The number of carbonyl (C=O) groups excluding carboxylic acids is 1. The van der Waals surface area contributed by atoms with E-state index in [0.717, 1.165) is 54.8 Å². The van der Waals surface area contributed by atoms with Crippen molar-refractivity contribution < 1.29 is 4.79 Å². The number of rotatable bonds is 5. The molecule has 2 rings (SSSR count). The van der Waals surface area contributed by atoms with E-state index in [1.165, 1.54) is 0 Å². The molecule has 0 spiro atoms. The number of hydrogen-bond donors (Lipinski definition) is 1. The van der Waals surface area contributed by atoms with Crippen LogP contribution in [0.15, 0.2) is 29.2 Å². The van der Waals surface area contributed by atoms with Gasteiger partial charge in [0.25, 0.3) is 0 Å². The van der Waals surface area contributed by atoms with Gasteiger partial charge < -0.3 is 10.2 Å². The van der Waals surface area contributed by atoms with Crippen LogP contribution in [0.4, 0.5) is 5.69 Å². The van der Waals surface area contributed by atoms with Crippen LogP contribution in [0, 0.1) is 27.9 Å². The van der Waals surface area contributed by atoms with Crippen molar-refractivity contribution in [1.82, 2.24) is 4.90 Å². The number of nitriles is 2. The SMILES string of the molecule is N#CCCN1CCCC(C(=O)Nc2ccc(SC#N)cc2)C1. The molecule has 6 heteroatoms. The third kappa shape index (κ3) is 4.77. The Bertz CT molecular complexity index is 588. The van der Waals surface area contributed by atoms with Crippen LogP contribution < -0.4 is 5.32 Å². The number of benzene rings is 1. The van der Waals surface area contributed by atoms with Crippen molar-refractivity contribution in [2.24, 2.45) is 5.92 Å². The molecular weight excluding hydrogens is 296 g/mol. The summed E-state index contributed by atoms with van der Waals surface area (Å²) in [5, 5.41) is 22.2. The van der Waals surface area contributed by atoms with Crippen LogP contribution in [0.1, 0.15) is 19.3 Å². The summed E-state index contributed by atoms with van der Waals surface area (Å²) in [6, 6.07) is 9.42. The molecule has 5 nitrogen and oxygen atoms in total. The zero-order chi connectivity index (χ0) is 15.8. The molecule has 1 fully saturated rings. The van der Waals surface area contributed by atoms with Crippen molar-refractivity contribution in [3.05, 3.63) is 24.3 Å². The van der Waals surface area contributed by atoms with E-state index in [4.69, 9.17) is 10.5 Å². The number of thioether (sulfide) groups is 1. The standard InChI is InChI=1S/C16H18N4OS/c17-8-2-10-20-9-1-3-13(11-20)16(21)19-14-4-6-15(7-5-14)22-12-18/h4-7,13H,1-3,9-11H2,(H,19,21). The Hall–Kier alpha value is -2.02. The highest BCUT2D eigenvalue weighted by atomic mass is 32.2. The summed E-state index contributed by atoms with van der Waals surface area (Å²) >= 11 is 1.10. The largest absolute Gasteiger partial charge is 0.326 e. The molecule has 0 radical (unpaired) electrons. The normalized spacial score (nSPS) is 18.2. The molecule has 1 aliphatic heterocycles. The number of carbonyl (C=O) groups is 1. The molecule has 1 heterocycles. The van der Waals surface area contributed by atoms with Crippen LogP contribution in [-0.2, 0) is 4.79 Å². The molecule has 1 saturated heterocycles. The van der Waals surface area contributed by atoms with Gasteiger partial charge in [-0.25, -0.2) is 0 Å². The lowest BCUT2D eigenvalue weighted by Gasteiger charge is -2.31. The van der Waals surface area contributed by atoms with Crippen molar-refractivity contribution in [3.63, 3.8) is 0 Å². The van der Waals surface area contributed by atoms with E-state index in [1.54, 1.807) is 0 Å². The lowest BCUT2D eigenvalue weighted by atomic mass is 9.97. The van der Waals surface area contributed by atoms with Gasteiger partial charge in [-0.2, -0.15) is 10.5 Å². The first-order chi connectivity index (χ1) is 10.7. The van der Waals surface area contributed by atoms with Gasteiger partial charge in [0, 0.05) is 30.1 Å². The Kier molecular flexibility index (Phi) is 6.27. The van der Waals surface area contributed by atoms with Gasteiger partial charge in [-0.3, -0.25) is 4.79 Å². The van der Waals surface area contributed by atoms with E-state index in [-0.39, 0.29) is 11.8 Å². The predicted molar refractivity (Wildman–Crippen MR) is 85.9 cm³/mol. The first-order valence-corrected chi connectivity index (χ1v) is 8.10. The predicted octanol–water partition coefficient (Wildman–Crippen LogP) is 2.82. The number of nitrogens with zero attached hydrogens (tertiary/aromatic N) is 3. The molecule has 0 aromatic heterocycles. The smallest absolute Gasteiger partial charge is 0.228 e. The Morgan fingerprint density at radius 3 is 2.82 bits per heavy atom. The molecule has 1 N–H and O–H groups in total. The molecule has 1 amide bonds. The molecule has 114 valence electrons. The van der Waals surface area contributed by atoms with Crippen LogP contribution in [0.25, 0.3) is 0 Å². The number of amides is 1. The molecule has 1 aromatic rings. The van der Waals surface area contributed by atoms with E-state index in [0.29, 0.717) is 6.42 Å². The van der Waals surface area contributed by atoms with Gasteiger partial charge in [0.1, 0.15) is 5.40 Å². The maximum absolute atomic E-state index is 12.3. The number of piperidine rings is 1. The summed E-state index contributed by atoms with van der Waals surface area (Å²) < 4.78 is 0. The molecule has 1 aromatic carbocycles. The highest BCUT2D eigenvalue weighted by Gasteiger charge is 2.25. The monoisotopic (exact) mass is 314 g/mol. The Morgan fingerprint density at radius 2 is 2.14 bits per heavy atom. The molecule has 0 bridgehead atoms. The highest BCUT2D eigenvalue weighted by molar-refractivity contribution is 8.03. The van der Waals surface area contributed by atoms with Crippen molar-refractivity contribution in [1.29, 1.82) is 10.5 Å². The Balaban J connectivity index is 1.88. The van der Waals surface area contributed by atoms with Crippen LogP contribution in [0.5, 0.6) is 0 Å². The van der Waals surface area contributed by atoms with Crippen molar-refractivity contribution in [2.75, 3.05) is 25.0 Å². The topological polar surface area (TPSA) is 79.9 Å². The van der Waals surface area contributed by atoms with E-state index >= 15 is 0 Å². The number of thiocyanates is 1. The van der Waals surface area contributed by atoms with E-state index in [1.807, 2.05) is 29.7 Å². The van der Waals surface area contributed by atoms with E-state index < -0.39 is 0 Å². The second-order valence-corrected chi connectivity index (χ2v) is 6.11. The van der Waals surface area contributed by atoms with Gasteiger partial charge in [0.2, 0.25) is 5.91 Å². The number of likely N-dealkylation sites (tertiary alicyclic amines) is 1. The minimum Gasteiger partial charge on any atom is -0.326 e. The van der Waals surface area contributed by atoms with E-state index in [9.17, 15) is 4.79 Å². The van der Waals surface area contributed by atoms with Gasteiger partial charge >= 0.3 is 0 Å². The lowest BCUT2D eigenvalue weighted by Crippen LogP contribution is -2.41. The average Bonchev–Trinajstić information content (AvgIpc) is 2.55. The van der Waals surface area contributed by atoms with Gasteiger partial charge in [0.15, 0.2) is 0 Å². The van der Waals surface area contributed by atoms with Gasteiger partial charge in [-0.1, -0.05) is 0 Å². The average molecular weight is 314 g/mol.